The standard InChI is InChI=1S/C14H13BrFN3O/c1-8-6-9(15)13(7-11(8)17)19-14(20)18-12-5-3-2-4-10(12)16/h2-7H,17H2,1H3,(H2,18,19,20). The number of carbonyl (C=O) groups is 1. The van der Waals surface area contributed by atoms with Crippen molar-refractivity contribution in [1.82, 2.24) is 0 Å². The first-order chi connectivity index (χ1) is 9.47. The van der Waals surface area contributed by atoms with Gasteiger partial charge in [0, 0.05) is 10.2 Å². The summed E-state index contributed by atoms with van der Waals surface area (Å²) in [7, 11) is 0. The first kappa shape index (κ1) is 14.3. The molecule has 2 amide bonds. The Labute approximate surface area is 124 Å². The van der Waals surface area contributed by atoms with Crippen LogP contribution >= 0.6 is 15.9 Å². The van der Waals surface area contributed by atoms with Crippen LogP contribution in [0.4, 0.5) is 26.2 Å². The minimum absolute atomic E-state index is 0.112. The lowest BCUT2D eigenvalue weighted by molar-refractivity contribution is 0.262. The number of para-hydroxylation sites is 1. The van der Waals surface area contributed by atoms with Gasteiger partial charge in [0.15, 0.2) is 0 Å². The number of carbonyl (C=O) groups excluding carboxylic acids is 1. The predicted octanol–water partition coefficient (Wildman–Crippen LogP) is 4.12. The van der Waals surface area contributed by atoms with Crippen molar-refractivity contribution < 1.29 is 9.18 Å². The summed E-state index contributed by atoms with van der Waals surface area (Å²) < 4.78 is 14.1. The van der Waals surface area contributed by atoms with Gasteiger partial charge in [-0.05, 0) is 52.7 Å². The van der Waals surface area contributed by atoms with Crippen LogP contribution in [0, 0.1) is 12.7 Å². The summed E-state index contributed by atoms with van der Waals surface area (Å²) in [5.74, 6) is -0.495. The maximum atomic E-state index is 13.4. The number of halogens is 2. The van der Waals surface area contributed by atoms with Gasteiger partial charge in [0.25, 0.3) is 0 Å². The largest absolute Gasteiger partial charge is 0.398 e. The number of nitrogens with one attached hydrogen (secondary N) is 2. The van der Waals surface area contributed by atoms with Gasteiger partial charge in [-0.15, -0.1) is 0 Å². The number of anilines is 3. The number of aryl methyl sites for hydroxylation is 1. The molecule has 0 radical (unpaired) electrons. The van der Waals surface area contributed by atoms with Crippen LogP contribution in [0.3, 0.4) is 0 Å². The second-order valence-corrected chi connectivity index (χ2v) is 5.10. The smallest absolute Gasteiger partial charge is 0.323 e. The highest BCUT2D eigenvalue weighted by Gasteiger charge is 2.09. The molecule has 0 fully saturated rings. The molecule has 4 N–H and O–H groups in total. The fourth-order valence-corrected chi connectivity index (χ4v) is 2.18. The Balaban J connectivity index is 2.13. The lowest BCUT2D eigenvalue weighted by Gasteiger charge is -2.11. The summed E-state index contributed by atoms with van der Waals surface area (Å²) in [5.41, 5.74) is 7.88. The average Bonchev–Trinajstić information content (AvgIpc) is 2.39. The molecule has 0 heterocycles. The van der Waals surface area contributed by atoms with Crippen molar-refractivity contribution in [3.63, 3.8) is 0 Å². The van der Waals surface area contributed by atoms with Gasteiger partial charge in [0.2, 0.25) is 0 Å². The van der Waals surface area contributed by atoms with Crippen LogP contribution in [-0.4, -0.2) is 6.03 Å². The second kappa shape index (κ2) is 5.92. The Kier molecular flexibility index (Phi) is 4.24. The molecule has 0 aliphatic rings. The zero-order valence-corrected chi connectivity index (χ0v) is 12.3. The molecule has 0 unspecified atom stereocenters. The molecule has 0 spiro atoms. The second-order valence-electron chi connectivity index (χ2n) is 4.25. The van der Waals surface area contributed by atoms with Crippen molar-refractivity contribution in [2.45, 2.75) is 6.92 Å². The summed E-state index contributed by atoms with van der Waals surface area (Å²) in [6.07, 6.45) is 0. The number of nitrogen functional groups attached to an aromatic ring is 1. The molecule has 6 heteroatoms. The van der Waals surface area contributed by atoms with Crippen LogP contribution in [0.25, 0.3) is 0 Å². The van der Waals surface area contributed by atoms with E-state index in [1.54, 1.807) is 24.3 Å². The topological polar surface area (TPSA) is 67.2 Å². The van der Waals surface area contributed by atoms with Gasteiger partial charge in [-0.25, -0.2) is 9.18 Å². The van der Waals surface area contributed by atoms with Gasteiger partial charge in [-0.2, -0.15) is 0 Å². The van der Waals surface area contributed by atoms with Gasteiger partial charge < -0.3 is 16.4 Å². The number of urea groups is 1. The van der Waals surface area contributed by atoms with Crippen molar-refractivity contribution in [1.29, 1.82) is 0 Å². The Hall–Kier alpha value is -2.08. The molecule has 0 bridgehead atoms. The predicted molar refractivity (Wildman–Crippen MR) is 82.3 cm³/mol. The van der Waals surface area contributed by atoms with E-state index in [-0.39, 0.29) is 5.69 Å². The van der Waals surface area contributed by atoms with Crippen molar-refractivity contribution in [3.8, 4) is 0 Å². The molecule has 0 saturated heterocycles. The third-order valence-electron chi connectivity index (χ3n) is 2.73. The Morgan fingerprint density at radius 2 is 1.85 bits per heavy atom. The highest BCUT2D eigenvalue weighted by Crippen LogP contribution is 2.28. The molecule has 20 heavy (non-hydrogen) atoms. The van der Waals surface area contributed by atoms with Crippen LogP contribution in [0.2, 0.25) is 0 Å². The van der Waals surface area contributed by atoms with Crippen LogP contribution in [0.15, 0.2) is 40.9 Å². The Morgan fingerprint density at radius 3 is 2.55 bits per heavy atom. The zero-order valence-electron chi connectivity index (χ0n) is 10.7. The maximum absolute atomic E-state index is 13.4. The van der Waals surface area contributed by atoms with Gasteiger partial charge in [0.1, 0.15) is 5.82 Å². The molecule has 104 valence electrons. The molecule has 0 saturated carbocycles. The van der Waals surface area contributed by atoms with Crippen LogP contribution in [0.5, 0.6) is 0 Å². The molecule has 4 nitrogen and oxygen atoms in total. The minimum atomic E-state index is -0.543. The molecule has 2 aromatic rings. The Morgan fingerprint density at radius 1 is 1.20 bits per heavy atom. The van der Waals surface area contributed by atoms with Crippen molar-refractivity contribution in [3.05, 3.63) is 52.3 Å². The summed E-state index contributed by atoms with van der Waals surface area (Å²) in [6.45, 7) is 1.86. The van der Waals surface area contributed by atoms with E-state index < -0.39 is 11.8 Å². The molecular formula is C14H13BrFN3O. The van der Waals surface area contributed by atoms with E-state index >= 15 is 0 Å². The number of amides is 2. The van der Waals surface area contributed by atoms with E-state index in [4.69, 9.17) is 5.73 Å². The van der Waals surface area contributed by atoms with E-state index in [9.17, 15) is 9.18 Å². The molecule has 2 rings (SSSR count). The van der Waals surface area contributed by atoms with Gasteiger partial charge in [-0.1, -0.05) is 12.1 Å². The number of hydrogen-bond acceptors (Lipinski definition) is 2. The van der Waals surface area contributed by atoms with E-state index in [0.717, 1.165) is 5.56 Å². The summed E-state index contributed by atoms with van der Waals surface area (Å²) >= 11 is 3.34. The molecule has 0 aromatic heterocycles. The zero-order chi connectivity index (χ0) is 14.7. The highest BCUT2D eigenvalue weighted by molar-refractivity contribution is 9.10. The van der Waals surface area contributed by atoms with E-state index in [0.29, 0.717) is 15.8 Å². The lowest BCUT2D eigenvalue weighted by atomic mass is 10.2. The average molecular weight is 338 g/mol. The molecular weight excluding hydrogens is 325 g/mol. The fourth-order valence-electron chi connectivity index (χ4n) is 1.62. The van der Waals surface area contributed by atoms with Crippen molar-refractivity contribution in [2.24, 2.45) is 0 Å². The summed E-state index contributed by atoms with van der Waals surface area (Å²) in [5, 5.41) is 5.04. The molecule has 0 aliphatic heterocycles. The first-order valence-electron chi connectivity index (χ1n) is 5.85. The van der Waals surface area contributed by atoms with Crippen molar-refractivity contribution >= 4 is 39.0 Å². The van der Waals surface area contributed by atoms with Gasteiger partial charge in [-0.3, -0.25) is 0 Å². The fraction of sp³-hybridized carbons (Fsp3) is 0.0714. The Bertz CT molecular complexity index is 661. The van der Waals surface area contributed by atoms with Crippen LogP contribution in [0.1, 0.15) is 5.56 Å². The SMILES string of the molecule is Cc1cc(Br)c(NC(=O)Nc2ccccc2F)cc1N. The monoisotopic (exact) mass is 337 g/mol. The summed E-state index contributed by atoms with van der Waals surface area (Å²) in [6, 6.07) is 8.84. The highest BCUT2D eigenvalue weighted by atomic mass is 79.9. The third-order valence-corrected chi connectivity index (χ3v) is 3.38. The quantitative estimate of drug-likeness (QED) is 0.721. The van der Waals surface area contributed by atoms with E-state index in [1.165, 1.54) is 12.1 Å². The molecule has 0 atom stereocenters. The number of nitrogens with two attached hydrogens (primary N) is 1. The number of benzene rings is 2. The molecule has 2 aromatic carbocycles. The summed E-state index contributed by atoms with van der Waals surface area (Å²) in [4.78, 5) is 11.8. The van der Waals surface area contributed by atoms with Crippen LogP contribution in [-0.2, 0) is 0 Å². The van der Waals surface area contributed by atoms with Crippen molar-refractivity contribution in [2.75, 3.05) is 16.4 Å². The van der Waals surface area contributed by atoms with E-state index in [2.05, 4.69) is 26.6 Å². The number of hydrogen-bond donors (Lipinski definition) is 3. The van der Waals surface area contributed by atoms with E-state index in [1.807, 2.05) is 6.92 Å². The lowest BCUT2D eigenvalue weighted by Crippen LogP contribution is -2.20. The maximum Gasteiger partial charge on any atom is 0.323 e. The van der Waals surface area contributed by atoms with Crippen LogP contribution < -0.4 is 16.4 Å². The van der Waals surface area contributed by atoms with Gasteiger partial charge in [0.05, 0.1) is 11.4 Å². The molecule has 0 aliphatic carbocycles. The first-order valence-corrected chi connectivity index (χ1v) is 6.65. The van der Waals surface area contributed by atoms with Gasteiger partial charge >= 0.3 is 6.03 Å². The number of rotatable bonds is 2. The normalized spacial score (nSPS) is 10.2. The third kappa shape index (κ3) is 3.27. The minimum Gasteiger partial charge on any atom is -0.398 e.